The molecule has 0 radical (unpaired) electrons. The first kappa shape index (κ1) is 22.0. The van der Waals surface area contributed by atoms with Gasteiger partial charge in [-0.3, -0.25) is 0 Å². The van der Waals surface area contributed by atoms with Gasteiger partial charge in [0.15, 0.2) is 0 Å². The molecule has 1 aliphatic heterocycles. The Bertz CT molecular complexity index is 1140. The summed E-state index contributed by atoms with van der Waals surface area (Å²) in [5.74, 6) is -8.39. The average Bonchev–Trinajstić information content (AvgIpc) is 2.93. The number of hydrogen-bond acceptors (Lipinski definition) is 5. The molecule has 1 aromatic carbocycles. The van der Waals surface area contributed by atoms with Crippen LogP contribution in [0.2, 0.25) is 0 Å². The van der Waals surface area contributed by atoms with Gasteiger partial charge >= 0.3 is 6.18 Å². The SMILES string of the molecule is NS(=O)(=O)N1CCC2(C(F)C1)C(c1nc(-c3ccc(F)cc3C(F)(F)F)no1)C2(F)F. The molecule has 1 saturated heterocycles. The van der Waals surface area contributed by atoms with Gasteiger partial charge in [-0.1, -0.05) is 5.16 Å². The Labute approximate surface area is 170 Å². The van der Waals surface area contributed by atoms with Crippen molar-refractivity contribution in [3.63, 3.8) is 0 Å². The average molecular weight is 474 g/mol. The number of benzene rings is 1. The van der Waals surface area contributed by atoms with Crippen LogP contribution in [0.1, 0.15) is 23.8 Å². The number of halogens is 7. The maximum atomic E-state index is 14.7. The molecule has 2 heterocycles. The Morgan fingerprint density at radius 2 is 1.94 bits per heavy atom. The first-order chi connectivity index (χ1) is 14.2. The van der Waals surface area contributed by atoms with Crippen LogP contribution >= 0.6 is 0 Å². The maximum Gasteiger partial charge on any atom is 0.417 e. The Morgan fingerprint density at radius 1 is 1.26 bits per heavy atom. The molecule has 2 aromatic rings. The van der Waals surface area contributed by atoms with Crippen molar-refractivity contribution in [1.29, 1.82) is 0 Å². The highest BCUT2D eigenvalue weighted by Crippen LogP contribution is 2.75. The van der Waals surface area contributed by atoms with E-state index in [9.17, 15) is 39.2 Å². The summed E-state index contributed by atoms with van der Waals surface area (Å²) in [5.41, 5.74) is -4.50. The fourth-order valence-electron chi connectivity index (χ4n) is 4.09. The van der Waals surface area contributed by atoms with Gasteiger partial charge in [-0.05, 0) is 24.6 Å². The minimum absolute atomic E-state index is 0.194. The molecule has 1 saturated carbocycles. The van der Waals surface area contributed by atoms with Gasteiger partial charge in [0.1, 0.15) is 17.9 Å². The molecule has 4 rings (SSSR count). The van der Waals surface area contributed by atoms with Gasteiger partial charge in [0.2, 0.25) is 11.7 Å². The van der Waals surface area contributed by atoms with E-state index in [1.807, 2.05) is 0 Å². The lowest BCUT2D eigenvalue weighted by Crippen LogP contribution is -2.50. The molecule has 31 heavy (non-hydrogen) atoms. The summed E-state index contributed by atoms with van der Waals surface area (Å²) in [6.07, 6.45) is -7.95. The lowest BCUT2D eigenvalue weighted by atomic mass is 9.89. The molecule has 1 aliphatic carbocycles. The minimum atomic E-state index is -4.99. The number of aromatic nitrogens is 2. The van der Waals surface area contributed by atoms with Crippen molar-refractivity contribution in [3.05, 3.63) is 35.5 Å². The van der Waals surface area contributed by atoms with Crippen molar-refractivity contribution < 1.29 is 43.7 Å². The number of hydrogen-bond donors (Lipinski definition) is 1. The van der Waals surface area contributed by atoms with E-state index in [1.54, 1.807) is 0 Å². The van der Waals surface area contributed by atoms with Gasteiger partial charge in [-0.2, -0.15) is 30.9 Å². The molecule has 1 aromatic heterocycles. The van der Waals surface area contributed by atoms with E-state index >= 15 is 0 Å². The summed E-state index contributed by atoms with van der Waals surface area (Å²) < 4.78 is 125. The van der Waals surface area contributed by atoms with E-state index in [0.717, 1.165) is 6.07 Å². The standard InChI is InChI=1S/C16H13F7N4O3S/c17-7-1-2-8(9(5-7)16(21,22)23)12-25-13(30-26-12)11-14(15(11,19)20)3-4-27(6-10(14)18)31(24,28)29/h1-2,5,10-11H,3-4,6H2,(H2,24,28,29). The zero-order chi connectivity index (χ0) is 23.0. The smallest absolute Gasteiger partial charge is 0.338 e. The van der Waals surface area contributed by atoms with E-state index in [0.29, 0.717) is 10.4 Å². The summed E-state index contributed by atoms with van der Waals surface area (Å²) in [6, 6.07) is 1.61. The second kappa shape index (κ2) is 6.62. The van der Waals surface area contributed by atoms with E-state index in [4.69, 9.17) is 9.66 Å². The second-order valence-corrected chi connectivity index (χ2v) is 8.91. The van der Waals surface area contributed by atoms with E-state index in [-0.39, 0.29) is 6.07 Å². The lowest BCUT2D eigenvalue weighted by Gasteiger charge is -2.33. The van der Waals surface area contributed by atoms with Crippen LogP contribution in [0.15, 0.2) is 22.7 Å². The molecule has 7 nitrogen and oxygen atoms in total. The van der Waals surface area contributed by atoms with Crippen LogP contribution in [0.4, 0.5) is 30.7 Å². The topological polar surface area (TPSA) is 102 Å². The Hall–Kier alpha value is -2.26. The van der Waals surface area contributed by atoms with Gasteiger partial charge in [0, 0.05) is 18.7 Å². The van der Waals surface area contributed by atoms with Crippen LogP contribution in [0.3, 0.4) is 0 Å². The highest BCUT2D eigenvalue weighted by Gasteiger charge is 2.86. The number of rotatable bonds is 3. The number of piperidine rings is 1. The van der Waals surface area contributed by atoms with Crippen molar-refractivity contribution in [3.8, 4) is 11.4 Å². The predicted molar refractivity (Wildman–Crippen MR) is 89.0 cm³/mol. The van der Waals surface area contributed by atoms with E-state index < -0.39 is 88.0 Å². The summed E-state index contributed by atoms with van der Waals surface area (Å²) in [4.78, 5) is 3.59. The third-order valence-corrected chi connectivity index (χ3v) is 6.74. The lowest BCUT2D eigenvalue weighted by molar-refractivity contribution is -0.137. The fraction of sp³-hybridized carbons (Fsp3) is 0.500. The van der Waals surface area contributed by atoms with Crippen LogP contribution in [-0.4, -0.2) is 48.0 Å². The molecule has 15 heteroatoms. The first-order valence-corrected chi connectivity index (χ1v) is 10.2. The zero-order valence-corrected chi connectivity index (χ0v) is 16.0. The van der Waals surface area contributed by atoms with E-state index in [1.165, 1.54) is 0 Å². The predicted octanol–water partition coefficient (Wildman–Crippen LogP) is 2.86. The van der Waals surface area contributed by atoms with Crippen molar-refractivity contribution in [1.82, 2.24) is 14.4 Å². The molecule has 170 valence electrons. The summed E-state index contributed by atoms with van der Waals surface area (Å²) >= 11 is 0. The highest BCUT2D eigenvalue weighted by atomic mass is 32.2. The monoisotopic (exact) mass is 474 g/mol. The molecule has 2 aliphatic rings. The molecule has 2 N–H and O–H groups in total. The summed E-state index contributed by atoms with van der Waals surface area (Å²) in [7, 11) is -4.29. The van der Waals surface area contributed by atoms with Gasteiger partial charge in [-0.25, -0.2) is 22.7 Å². The van der Waals surface area contributed by atoms with Crippen LogP contribution in [0.5, 0.6) is 0 Å². The minimum Gasteiger partial charge on any atom is -0.338 e. The molecule has 0 bridgehead atoms. The molecule has 3 atom stereocenters. The first-order valence-electron chi connectivity index (χ1n) is 8.70. The largest absolute Gasteiger partial charge is 0.417 e. The highest BCUT2D eigenvalue weighted by molar-refractivity contribution is 7.86. The van der Waals surface area contributed by atoms with Gasteiger partial charge < -0.3 is 4.52 Å². The molecular formula is C16H13F7N4O3S. The number of alkyl halides is 6. The third kappa shape index (κ3) is 3.29. The van der Waals surface area contributed by atoms with Gasteiger partial charge in [-0.15, -0.1) is 0 Å². The third-order valence-electron chi connectivity index (χ3n) is 5.69. The molecule has 3 unspecified atom stereocenters. The van der Waals surface area contributed by atoms with Crippen LogP contribution in [0.25, 0.3) is 11.4 Å². The number of nitrogens with two attached hydrogens (primary N) is 1. The Kier molecular flexibility index (Phi) is 4.69. The Morgan fingerprint density at radius 3 is 2.52 bits per heavy atom. The van der Waals surface area contributed by atoms with Crippen molar-refractivity contribution in [2.45, 2.75) is 30.6 Å². The summed E-state index contributed by atoms with van der Waals surface area (Å²) in [5, 5.41) is 8.19. The Balaban J connectivity index is 1.67. The normalized spacial score (nSPS) is 28.8. The van der Waals surface area contributed by atoms with Crippen molar-refractivity contribution in [2.24, 2.45) is 10.6 Å². The van der Waals surface area contributed by atoms with Crippen LogP contribution < -0.4 is 5.14 Å². The maximum absolute atomic E-state index is 14.7. The summed E-state index contributed by atoms with van der Waals surface area (Å²) in [6.45, 7) is -1.40. The molecule has 0 amide bonds. The van der Waals surface area contributed by atoms with E-state index in [2.05, 4.69) is 10.1 Å². The van der Waals surface area contributed by atoms with Crippen LogP contribution in [-0.2, 0) is 16.4 Å². The van der Waals surface area contributed by atoms with Gasteiger partial charge in [0.25, 0.3) is 16.1 Å². The van der Waals surface area contributed by atoms with Gasteiger partial charge in [0.05, 0.1) is 11.0 Å². The molecular weight excluding hydrogens is 461 g/mol. The van der Waals surface area contributed by atoms with Crippen molar-refractivity contribution >= 4 is 10.2 Å². The zero-order valence-electron chi connectivity index (χ0n) is 15.2. The second-order valence-electron chi connectivity index (χ2n) is 7.36. The van der Waals surface area contributed by atoms with Crippen LogP contribution in [0, 0.1) is 11.2 Å². The fourth-order valence-corrected chi connectivity index (χ4v) is 4.78. The molecule has 2 fully saturated rings. The molecule has 1 spiro atoms. The van der Waals surface area contributed by atoms with Crippen molar-refractivity contribution in [2.75, 3.05) is 13.1 Å². The quantitative estimate of drug-likeness (QED) is 0.690. The number of nitrogens with zero attached hydrogens (tertiary/aromatic N) is 3.